The molecule has 2 N–H and O–H groups in total. The summed E-state index contributed by atoms with van der Waals surface area (Å²) in [5, 5.41) is 10.1. The normalized spacial score (nSPS) is 12.1. The van der Waals surface area contributed by atoms with E-state index in [1.54, 1.807) is 13.8 Å². The third kappa shape index (κ3) is 3.32. The van der Waals surface area contributed by atoms with Gasteiger partial charge < -0.3 is 15.0 Å². The van der Waals surface area contributed by atoms with Crippen molar-refractivity contribution in [1.82, 2.24) is 19.9 Å². The van der Waals surface area contributed by atoms with E-state index in [-0.39, 0.29) is 0 Å². The lowest BCUT2D eigenvalue weighted by molar-refractivity contribution is 0.0700. The Morgan fingerprint density at radius 1 is 1.10 bits per heavy atom. The molecule has 0 spiro atoms. The molecule has 0 fully saturated rings. The Balaban J connectivity index is 2.58. The first-order chi connectivity index (χ1) is 9.86. The second kappa shape index (κ2) is 5.97. The molecule has 0 saturated carbocycles. The Kier molecular flexibility index (Phi) is 4.46. The van der Waals surface area contributed by atoms with E-state index in [9.17, 15) is 5.11 Å². The molecular weight excluding hydrogens is 266 g/mol. The van der Waals surface area contributed by atoms with Crippen LogP contribution in [0.15, 0.2) is 0 Å². The molecule has 2 aromatic rings. The molecule has 6 heteroatoms. The number of nitrogens with one attached hydrogen (secondary N) is 1. The zero-order chi connectivity index (χ0) is 15.6. The van der Waals surface area contributed by atoms with Crippen LogP contribution >= 0.6 is 0 Å². The van der Waals surface area contributed by atoms with E-state index in [1.807, 2.05) is 6.92 Å². The number of H-pyrrole nitrogens is 1. The van der Waals surface area contributed by atoms with Crippen molar-refractivity contribution in [3.05, 3.63) is 11.6 Å². The van der Waals surface area contributed by atoms with E-state index in [2.05, 4.69) is 38.7 Å². The molecule has 116 valence electrons. The van der Waals surface area contributed by atoms with Crippen molar-refractivity contribution in [3.8, 4) is 0 Å². The molecule has 2 aromatic heterocycles. The molecule has 0 atom stereocenters. The van der Waals surface area contributed by atoms with E-state index >= 15 is 0 Å². The molecule has 0 unspecified atom stereocenters. The molecule has 0 aliphatic heterocycles. The molecule has 21 heavy (non-hydrogen) atoms. The van der Waals surface area contributed by atoms with Gasteiger partial charge in [0.1, 0.15) is 22.8 Å². The molecule has 2 heterocycles. The minimum Gasteiger partial charge on any atom is -0.383 e. The van der Waals surface area contributed by atoms with Gasteiger partial charge >= 0.3 is 0 Å². The monoisotopic (exact) mass is 291 g/mol. The topological polar surface area (TPSA) is 77.9 Å². The van der Waals surface area contributed by atoms with Crippen molar-refractivity contribution < 1.29 is 5.11 Å². The Hall–Kier alpha value is -1.69. The van der Waals surface area contributed by atoms with Crippen LogP contribution in [-0.2, 0) is 5.60 Å². The zero-order valence-corrected chi connectivity index (χ0v) is 13.6. The molecule has 0 bridgehead atoms. The molecule has 0 saturated heterocycles. The van der Waals surface area contributed by atoms with E-state index in [4.69, 9.17) is 0 Å². The Morgan fingerprint density at radius 3 is 2.24 bits per heavy atom. The largest absolute Gasteiger partial charge is 0.383 e. The first-order valence-corrected chi connectivity index (χ1v) is 7.59. The van der Waals surface area contributed by atoms with Crippen LogP contribution in [0.3, 0.4) is 0 Å². The van der Waals surface area contributed by atoms with Gasteiger partial charge in [-0.3, -0.25) is 0 Å². The van der Waals surface area contributed by atoms with E-state index in [0.29, 0.717) is 17.3 Å². The van der Waals surface area contributed by atoms with E-state index in [1.165, 1.54) is 0 Å². The molecule has 2 rings (SSSR count). The van der Waals surface area contributed by atoms with Gasteiger partial charge in [-0.1, -0.05) is 13.8 Å². The van der Waals surface area contributed by atoms with Crippen molar-refractivity contribution >= 4 is 17.0 Å². The van der Waals surface area contributed by atoms with Gasteiger partial charge in [-0.2, -0.15) is 0 Å². The third-order valence-electron chi connectivity index (χ3n) is 3.31. The predicted molar refractivity (Wildman–Crippen MR) is 84.5 cm³/mol. The standard InChI is InChI=1S/C15H25N5O/c1-6-8-20(9-7-2)13-11-12(16-10(3)17-13)19-14(18-11)15(4,5)21/h21H,6-9H2,1-5H3,(H,16,17,18,19). The number of aryl methyl sites for hydroxylation is 1. The highest BCUT2D eigenvalue weighted by Crippen LogP contribution is 2.26. The number of hydrogen-bond acceptors (Lipinski definition) is 5. The van der Waals surface area contributed by atoms with Crippen molar-refractivity contribution in [1.29, 1.82) is 0 Å². The Labute approximate surface area is 125 Å². The van der Waals surface area contributed by atoms with Gasteiger partial charge in [-0.15, -0.1) is 0 Å². The number of imidazole rings is 1. The van der Waals surface area contributed by atoms with E-state index in [0.717, 1.165) is 37.3 Å². The van der Waals surface area contributed by atoms with Crippen LogP contribution < -0.4 is 4.90 Å². The number of aliphatic hydroxyl groups is 1. The maximum absolute atomic E-state index is 10.1. The van der Waals surface area contributed by atoms with Crippen LogP contribution in [0.5, 0.6) is 0 Å². The molecule has 0 radical (unpaired) electrons. The number of aromatic nitrogens is 4. The molecule has 0 aromatic carbocycles. The van der Waals surface area contributed by atoms with Crippen LogP contribution in [0.4, 0.5) is 5.82 Å². The molecule has 0 amide bonds. The minimum atomic E-state index is -1.02. The smallest absolute Gasteiger partial charge is 0.183 e. The van der Waals surface area contributed by atoms with Gasteiger partial charge in [0.15, 0.2) is 11.5 Å². The first-order valence-electron chi connectivity index (χ1n) is 7.59. The highest BCUT2D eigenvalue weighted by Gasteiger charge is 2.23. The summed E-state index contributed by atoms with van der Waals surface area (Å²) in [5.74, 6) is 2.10. The fourth-order valence-electron chi connectivity index (χ4n) is 2.37. The Bertz CT molecular complexity index is 608. The highest BCUT2D eigenvalue weighted by molar-refractivity contribution is 5.83. The second-order valence-corrected chi connectivity index (χ2v) is 5.92. The van der Waals surface area contributed by atoms with Gasteiger partial charge in [0.05, 0.1) is 0 Å². The van der Waals surface area contributed by atoms with Crippen LogP contribution in [0.2, 0.25) is 0 Å². The van der Waals surface area contributed by atoms with Crippen molar-refractivity contribution in [2.75, 3.05) is 18.0 Å². The lowest BCUT2D eigenvalue weighted by Crippen LogP contribution is -2.26. The lowest BCUT2D eigenvalue weighted by Gasteiger charge is -2.23. The first kappa shape index (κ1) is 15.7. The molecular formula is C15H25N5O. The molecule has 6 nitrogen and oxygen atoms in total. The van der Waals surface area contributed by atoms with Crippen molar-refractivity contribution in [3.63, 3.8) is 0 Å². The molecule has 0 aliphatic carbocycles. The zero-order valence-electron chi connectivity index (χ0n) is 13.6. The summed E-state index contributed by atoms with van der Waals surface area (Å²) in [6, 6.07) is 0. The van der Waals surface area contributed by atoms with Crippen molar-refractivity contribution in [2.24, 2.45) is 0 Å². The van der Waals surface area contributed by atoms with Gasteiger partial charge in [-0.25, -0.2) is 15.0 Å². The van der Waals surface area contributed by atoms with Crippen LogP contribution in [-0.4, -0.2) is 38.1 Å². The SMILES string of the molecule is CCCN(CCC)c1nc(C)nc2nc(C(C)(C)O)[nH]c12. The van der Waals surface area contributed by atoms with Crippen LogP contribution in [0, 0.1) is 6.92 Å². The number of fused-ring (bicyclic) bond motifs is 1. The average molecular weight is 291 g/mol. The Morgan fingerprint density at radius 2 is 1.71 bits per heavy atom. The highest BCUT2D eigenvalue weighted by atomic mass is 16.3. The number of aromatic amines is 1. The summed E-state index contributed by atoms with van der Waals surface area (Å²) in [4.78, 5) is 18.9. The fourth-order valence-corrected chi connectivity index (χ4v) is 2.37. The minimum absolute atomic E-state index is 0.520. The number of hydrogen-bond donors (Lipinski definition) is 2. The quantitative estimate of drug-likeness (QED) is 0.855. The van der Waals surface area contributed by atoms with Crippen LogP contribution in [0.25, 0.3) is 11.2 Å². The maximum atomic E-state index is 10.1. The maximum Gasteiger partial charge on any atom is 0.183 e. The number of rotatable bonds is 6. The van der Waals surface area contributed by atoms with E-state index < -0.39 is 5.60 Å². The summed E-state index contributed by atoms with van der Waals surface area (Å²) in [7, 11) is 0. The fraction of sp³-hybridized carbons (Fsp3) is 0.667. The van der Waals surface area contributed by atoms with Gasteiger partial charge in [0.2, 0.25) is 0 Å². The summed E-state index contributed by atoms with van der Waals surface area (Å²) < 4.78 is 0. The van der Waals surface area contributed by atoms with Crippen molar-refractivity contribution in [2.45, 2.75) is 53.1 Å². The summed E-state index contributed by atoms with van der Waals surface area (Å²) in [5.41, 5.74) is 0.401. The predicted octanol–water partition coefficient (Wildman–Crippen LogP) is 2.52. The second-order valence-electron chi connectivity index (χ2n) is 5.92. The lowest BCUT2D eigenvalue weighted by atomic mass is 10.1. The third-order valence-corrected chi connectivity index (χ3v) is 3.31. The summed E-state index contributed by atoms with van der Waals surface area (Å²) in [6.07, 6.45) is 2.11. The van der Waals surface area contributed by atoms with Gasteiger partial charge in [-0.05, 0) is 33.6 Å². The number of anilines is 1. The van der Waals surface area contributed by atoms with Gasteiger partial charge in [0, 0.05) is 13.1 Å². The summed E-state index contributed by atoms with van der Waals surface area (Å²) in [6.45, 7) is 11.5. The summed E-state index contributed by atoms with van der Waals surface area (Å²) >= 11 is 0. The average Bonchev–Trinajstić information content (AvgIpc) is 2.81. The van der Waals surface area contributed by atoms with Gasteiger partial charge in [0.25, 0.3) is 0 Å². The van der Waals surface area contributed by atoms with Crippen LogP contribution in [0.1, 0.15) is 52.2 Å². The number of nitrogens with zero attached hydrogens (tertiary/aromatic N) is 4. The molecule has 0 aliphatic rings.